The number of halogens is 7. The minimum Gasteiger partial charge on any atom is -0.477 e. The van der Waals surface area contributed by atoms with Crippen LogP contribution in [-0.2, 0) is 13.1 Å². The Hall–Kier alpha value is -5.67. The first kappa shape index (κ1) is 47.3. The van der Waals surface area contributed by atoms with Crippen molar-refractivity contribution in [3.05, 3.63) is 105 Å². The van der Waals surface area contributed by atoms with Crippen LogP contribution in [0, 0.1) is 23.7 Å². The number of benzene rings is 2. The van der Waals surface area contributed by atoms with Crippen LogP contribution >= 0.6 is 11.6 Å². The molecule has 2 N–H and O–H groups in total. The van der Waals surface area contributed by atoms with Gasteiger partial charge in [0.2, 0.25) is 17.0 Å². The van der Waals surface area contributed by atoms with E-state index >= 15 is 0 Å². The van der Waals surface area contributed by atoms with Crippen molar-refractivity contribution < 1.29 is 65.0 Å². The van der Waals surface area contributed by atoms with Gasteiger partial charge in [0, 0.05) is 29.9 Å². The highest BCUT2D eigenvalue weighted by Gasteiger charge is 2.56. The van der Waals surface area contributed by atoms with E-state index < -0.39 is 66.8 Å². The van der Waals surface area contributed by atoms with Crippen molar-refractivity contribution in [2.45, 2.75) is 83.1 Å². The van der Waals surface area contributed by atoms with E-state index in [4.69, 9.17) is 31.1 Å². The SMILES string of the molecule is C.O=C1c2ccccc2C(=O)N1Cc1cc(OCC2CC2C(F)(F)F)nc(C2CC2)n1.O=C1c2ccccc2C(=O)N1Cc1cc(OCC2CC2C(F)(F)F)nc(Cl)n1.OB(O)C1CC1. The molecule has 4 fully saturated rings. The van der Waals surface area contributed by atoms with Gasteiger partial charge in [-0.2, -0.15) is 36.3 Å². The molecule has 4 unspecified atom stereocenters. The third-order valence-electron chi connectivity index (χ3n) is 11.5. The summed E-state index contributed by atoms with van der Waals surface area (Å²) in [5.41, 5.74) is 1.98. The van der Waals surface area contributed by atoms with Crippen LogP contribution < -0.4 is 9.47 Å². The molecule has 4 atom stereocenters. The highest BCUT2D eigenvalue weighted by molar-refractivity contribution is 6.44. The van der Waals surface area contributed by atoms with Crippen molar-refractivity contribution in [1.29, 1.82) is 0 Å². The molecule has 6 aliphatic rings. The number of rotatable bonds is 12. The molecule has 65 heavy (non-hydrogen) atoms. The maximum Gasteiger partial charge on any atom is 0.454 e. The number of alkyl halides is 6. The van der Waals surface area contributed by atoms with Crippen LogP contribution in [0.2, 0.25) is 11.1 Å². The summed E-state index contributed by atoms with van der Waals surface area (Å²) in [6.07, 6.45) is -4.50. The van der Waals surface area contributed by atoms with E-state index in [0.29, 0.717) is 33.8 Å². The molecule has 4 heterocycles. The maximum absolute atomic E-state index is 12.7. The van der Waals surface area contributed by atoms with Crippen LogP contribution in [0.1, 0.15) is 111 Å². The first-order chi connectivity index (χ1) is 30.3. The van der Waals surface area contributed by atoms with E-state index in [0.717, 1.165) is 35.5 Å². The van der Waals surface area contributed by atoms with Gasteiger partial charge in [0.25, 0.3) is 23.6 Å². The number of carbonyl (C=O) groups excluding carboxylic acids is 4. The van der Waals surface area contributed by atoms with Crippen molar-refractivity contribution in [2.24, 2.45) is 23.7 Å². The lowest BCUT2D eigenvalue weighted by Crippen LogP contribution is -2.29. The average Bonchev–Trinajstić information content (AvgIpc) is 4.07. The molecule has 4 saturated carbocycles. The third-order valence-corrected chi connectivity index (χ3v) is 11.6. The summed E-state index contributed by atoms with van der Waals surface area (Å²) in [4.78, 5) is 68.8. The van der Waals surface area contributed by atoms with Gasteiger partial charge in [0.1, 0.15) is 5.82 Å². The molecule has 4 aliphatic carbocycles. The van der Waals surface area contributed by atoms with Crippen molar-refractivity contribution in [3.8, 4) is 11.8 Å². The molecule has 4 amide bonds. The quantitative estimate of drug-likeness (QED) is 0.0619. The molecule has 0 bridgehead atoms. The highest BCUT2D eigenvalue weighted by atomic mass is 35.5. The normalized spacial score (nSPS) is 21.6. The molecule has 10 rings (SSSR count). The molecular weight excluding hydrogens is 889 g/mol. The van der Waals surface area contributed by atoms with Crippen molar-refractivity contribution in [1.82, 2.24) is 29.7 Å². The zero-order valence-electron chi connectivity index (χ0n) is 33.6. The van der Waals surface area contributed by atoms with Gasteiger partial charge < -0.3 is 19.5 Å². The second-order valence-electron chi connectivity index (χ2n) is 16.4. The Labute approximate surface area is 373 Å². The zero-order chi connectivity index (χ0) is 45.7. The summed E-state index contributed by atoms with van der Waals surface area (Å²) < 4.78 is 86.8. The molecule has 14 nitrogen and oxygen atoms in total. The molecule has 344 valence electrons. The Morgan fingerprint density at radius 1 is 0.631 bits per heavy atom. The summed E-state index contributed by atoms with van der Waals surface area (Å²) in [5.74, 6) is -4.43. The Kier molecular flexibility index (Phi) is 13.6. The van der Waals surface area contributed by atoms with E-state index in [-0.39, 0.29) is 81.0 Å². The zero-order valence-corrected chi connectivity index (χ0v) is 34.3. The largest absolute Gasteiger partial charge is 0.477 e. The first-order valence-corrected chi connectivity index (χ1v) is 20.8. The second-order valence-corrected chi connectivity index (χ2v) is 16.8. The number of amides is 4. The molecule has 2 aromatic heterocycles. The summed E-state index contributed by atoms with van der Waals surface area (Å²) in [5, 5.41) is 16.3. The summed E-state index contributed by atoms with van der Waals surface area (Å²) in [7, 11) is -1.04. The number of ether oxygens (including phenoxy) is 2. The highest BCUT2D eigenvalue weighted by Crippen LogP contribution is 2.51. The van der Waals surface area contributed by atoms with Crippen LogP contribution in [0.3, 0.4) is 0 Å². The fourth-order valence-corrected chi connectivity index (χ4v) is 7.49. The predicted molar refractivity (Wildman–Crippen MR) is 219 cm³/mol. The second kappa shape index (κ2) is 18.7. The summed E-state index contributed by atoms with van der Waals surface area (Å²) >= 11 is 5.86. The van der Waals surface area contributed by atoms with Gasteiger partial charge in [0.15, 0.2) is 0 Å². The molecule has 22 heteroatoms. The fraction of sp³-hybridized carbons (Fsp3) is 0.442. The third kappa shape index (κ3) is 11.2. The lowest BCUT2D eigenvalue weighted by atomic mass is 9.84. The number of hydrogen-bond acceptors (Lipinski definition) is 12. The summed E-state index contributed by atoms with van der Waals surface area (Å²) in [6, 6.07) is 15.9. The van der Waals surface area contributed by atoms with E-state index in [9.17, 15) is 45.5 Å². The molecule has 2 aromatic carbocycles. The molecule has 0 radical (unpaired) electrons. The van der Waals surface area contributed by atoms with Gasteiger partial charge in [-0.1, -0.05) is 44.5 Å². The lowest BCUT2D eigenvalue weighted by Gasteiger charge is -2.15. The predicted octanol–water partition coefficient (Wildman–Crippen LogP) is 7.49. The minimum absolute atomic E-state index is 0. The molecule has 2 aliphatic heterocycles. The van der Waals surface area contributed by atoms with Crippen molar-refractivity contribution in [3.63, 3.8) is 0 Å². The van der Waals surface area contributed by atoms with E-state index in [1.54, 1.807) is 48.5 Å². The van der Waals surface area contributed by atoms with Crippen molar-refractivity contribution >= 4 is 42.3 Å². The van der Waals surface area contributed by atoms with Gasteiger partial charge >= 0.3 is 19.5 Å². The van der Waals surface area contributed by atoms with Gasteiger partial charge in [-0.3, -0.25) is 29.0 Å². The van der Waals surface area contributed by atoms with Crippen LogP contribution in [0.25, 0.3) is 0 Å². The van der Waals surface area contributed by atoms with E-state index in [2.05, 4.69) is 19.9 Å². The van der Waals surface area contributed by atoms with Gasteiger partial charge in [-0.05, 0) is 67.4 Å². The number of carbonyl (C=O) groups is 4. The standard InChI is InChI=1S/C21H18F3N3O3.C18H13ClF3N3O3.C3H7BO2.CH4/c22-21(23,24)16-7-12(16)10-30-17-8-13(25-18(26-17)11-5-6-11)9-27-19(28)14-3-1-2-4-15(14)20(27)29;19-17-23-10(6-14(24-17)28-8-9-5-13(9)18(20,21)22)7-25-15(26)11-3-1-2-4-12(11)16(25)27;5-4(6)3-1-2-3;/h1-4,8,11-12,16H,5-7,9-10H2;1-4,6,9,13H,5,7-8H2;3,5-6H,1-2H2;1H4. The van der Waals surface area contributed by atoms with Crippen LogP contribution in [0.15, 0.2) is 60.7 Å². The van der Waals surface area contributed by atoms with Crippen LogP contribution in [-0.4, -0.2) is 96.1 Å². The maximum atomic E-state index is 12.7. The number of fused-ring (bicyclic) bond motifs is 2. The number of hydrogen-bond donors (Lipinski definition) is 2. The molecule has 0 saturated heterocycles. The van der Waals surface area contributed by atoms with Gasteiger partial charge in [-0.15, -0.1) is 0 Å². The van der Waals surface area contributed by atoms with Crippen LogP contribution in [0.5, 0.6) is 11.8 Å². The van der Waals surface area contributed by atoms with Gasteiger partial charge in [-0.25, -0.2) is 9.97 Å². The number of aromatic nitrogens is 4. The molecule has 4 aromatic rings. The van der Waals surface area contributed by atoms with Crippen molar-refractivity contribution in [2.75, 3.05) is 13.2 Å². The van der Waals surface area contributed by atoms with Crippen LogP contribution in [0.4, 0.5) is 26.3 Å². The average molecular weight is 931 g/mol. The smallest absolute Gasteiger partial charge is 0.454 e. The lowest BCUT2D eigenvalue weighted by molar-refractivity contribution is -0.152. The first-order valence-electron chi connectivity index (χ1n) is 20.4. The number of nitrogens with zero attached hydrogens (tertiary/aromatic N) is 6. The Bertz CT molecular complexity index is 2400. The fourth-order valence-electron chi connectivity index (χ4n) is 7.30. The Morgan fingerprint density at radius 3 is 1.37 bits per heavy atom. The summed E-state index contributed by atoms with van der Waals surface area (Å²) in [6.45, 7) is -0.416. The van der Waals surface area contributed by atoms with E-state index in [1.165, 1.54) is 12.1 Å². The molecular formula is C43H42BClF6N6O8. The Morgan fingerprint density at radius 2 is 1.03 bits per heavy atom. The minimum atomic E-state index is -4.23. The number of imide groups is 2. The van der Waals surface area contributed by atoms with Gasteiger partial charge in [0.05, 0.1) is 71.8 Å². The van der Waals surface area contributed by atoms with E-state index in [1.807, 2.05) is 0 Å². The topological polar surface area (TPSA) is 185 Å². The Balaban J connectivity index is 0.000000170. The monoisotopic (exact) mass is 930 g/mol. The molecule has 0 spiro atoms.